The van der Waals surface area contributed by atoms with Gasteiger partial charge in [0, 0.05) is 6.20 Å². The van der Waals surface area contributed by atoms with Crippen molar-refractivity contribution in [3.8, 4) is 0 Å². The maximum Gasteiger partial charge on any atom is 0.171 e. The minimum absolute atomic E-state index is 0.547. The zero-order chi connectivity index (χ0) is 8.72. The van der Waals surface area contributed by atoms with Crippen molar-refractivity contribution in [2.24, 2.45) is 0 Å². The average molecular weight is 292 g/mol. The van der Waals surface area contributed by atoms with Crippen LogP contribution >= 0.6 is 31.9 Å². The van der Waals surface area contributed by atoms with Crippen LogP contribution in [0.3, 0.4) is 0 Å². The van der Waals surface area contributed by atoms with E-state index < -0.39 is 0 Å². The van der Waals surface area contributed by atoms with Crippen LogP contribution in [0.5, 0.6) is 0 Å². The zero-order valence-electron chi connectivity index (χ0n) is 5.83. The summed E-state index contributed by atoms with van der Waals surface area (Å²) in [4.78, 5) is 4.13. The molecule has 0 atom stereocenters. The molecule has 4 nitrogen and oxygen atoms in total. The number of aromatic nitrogens is 3. The molecule has 2 N–H and O–H groups in total. The molecule has 0 aromatic carbocycles. The van der Waals surface area contributed by atoms with E-state index in [4.69, 9.17) is 5.73 Å². The summed E-state index contributed by atoms with van der Waals surface area (Å²) >= 11 is 6.57. The minimum Gasteiger partial charge on any atom is -0.383 e. The van der Waals surface area contributed by atoms with E-state index in [-0.39, 0.29) is 0 Å². The van der Waals surface area contributed by atoms with Gasteiger partial charge in [0.1, 0.15) is 5.82 Å². The van der Waals surface area contributed by atoms with Crippen molar-refractivity contribution in [3.05, 3.63) is 21.3 Å². The molecule has 0 bridgehead atoms. The lowest BCUT2D eigenvalue weighted by atomic mass is 10.6. The molecule has 2 heterocycles. The van der Waals surface area contributed by atoms with E-state index in [0.29, 0.717) is 5.82 Å². The summed E-state index contributed by atoms with van der Waals surface area (Å²) in [5.41, 5.74) is 6.44. The van der Waals surface area contributed by atoms with Crippen LogP contribution < -0.4 is 5.73 Å². The molecular formula is C6H4Br2N4. The summed E-state index contributed by atoms with van der Waals surface area (Å²) in [5.74, 6) is 0.547. The molecule has 2 aromatic heterocycles. The lowest BCUT2D eigenvalue weighted by Gasteiger charge is -1.99. The van der Waals surface area contributed by atoms with Crippen molar-refractivity contribution in [2.45, 2.75) is 0 Å². The Morgan fingerprint density at radius 3 is 2.75 bits per heavy atom. The smallest absolute Gasteiger partial charge is 0.171 e. The van der Waals surface area contributed by atoms with Crippen LogP contribution in [0.4, 0.5) is 5.82 Å². The molecule has 0 aliphatic rings. The number of nitrogens with zero attached hydrogens (tertiary/aromatic N) is 3. The monoisotopic (exact) mass is 290 g/mol. The Morgan fingerprint density at radius 2 is 2.00 bits per heavy atom. The fourth-order valence-corrected chi connectivity index (χ4v) is 1.53. The van der Waals surface area contributed by atoms with Crippen LogP contribution in [0.15, 0.2) is 21.3 Å². The third-order valence-corrected chi connectivity index (χ3v) is 2.64. The van der Waals surface area contributed by atoms with Gasteiger partial charge in [-0.1, -0.05) is 0 Å². The molecule has 6 heteroatoms. The van der Waals surface area contributed by atoms with Gasteiger partial charge >= 0.3 is 0 Å². The Hall–Kier alpha value is -0.620. The lowest BCUT2D eigenvalue weighted by molar-refractivity contribution is 0.947. The second-order valence-corrected chi connectivity index (χ2v) is 3.93. The van der Waals surface area contributed by atoms with Gasteiger partial charge in [-0.2, -0.15) is 9.61 Å². The molecular weight excluding hydrogens is 288 g/mol. The van der Waals surface area contributed by atoms with Gasteiger partial charge < -0.3 is 5.73 Å². The molecule has 0 unspecified atom stereocenters. The van der Waals surface area contributed by atoms with Gasteiger partial charge in [0.05, 0.1) is 15.1 Å². The third-order valence-electron chi connectivity index (χ3n) is 1.47. The average Bonchev–Trinajstić information content (AvgIpc) is 2.41. The van der Waals surface area contributed by atoms with E-state index in [1.807, 2.05) is 0 Å². The van der Waals surface area contributed by atoms with Crippen molar-refractivity contribution < 1.29 is 0 Å². The maximum absolute atomic E-state index is 5.72. The molecule has 2 aromatic rings. The highest BCUT2D eigenvalue weighted by molar-refractivity contribution is 9.11. The van der Waals surface area contributed by atoms with Gasteiger partial charge in [-0.15, -0.1) is 0 Å². The molecule has 0 saturated carbocycles. The quantitative estimate of drug-likeness (QED) is 0.806. The van der Waals surface area contributed by atoms with Crippen LogP contribution in [0.2, 0.25) is 0 Å². The number of anilines is 1. The van der Waals surface area contributed by atoms with Gasteiger partial charge in [0.2, 0.25) is 0 Å². The predicted octanol–water partition coefficient (Wildman–Crippen LogP) is 1.84. The summed E-state index contributed by atoms with van der Waals surface area (Å²) in [5, 5.41) is 4.03. The number of hydrogen-bond acceptors (Lipinski definition) is 3. The molecule has 0 fully saturated rings. The predicted molar refractivity (Wildman–Crippen MR) is 52.8 cm³/mol. The summed E-state index contributed by atoms with van der Waals surface area (Å²) in [6.45, 7) is 0. The molecule has 0 radical (unpaired) electrons. The maximum atomic E-state index is 5.72. The van der Waals surface area contributed by atoms with E-state index in [0.717, 1.165) is 14.6 Å². The zero-order valence-corrected chi connectivity index (χ0v) is 9.00. The number of hydrogen-bond donors (Lipinski definition) is 1. The highest BCUT2D eigenvalue weighted by Crippen LogP contribution is 2.22. The van der Waals surface area contributed by atoms with Crippen LogP contribution in [-0.4, -0.2) is 14.6 Å². The van der Waals surface area contributed by atoms with E-state index in [1.54, 1.807) is 16.9 Å². The first-order chi connectivity index (χ1) is 5.70. The number of rotatable bonds is 0. The molecule has 62 valence electrons. The first-order valence-electron chi connectivity index (χ1n) is 3.13. The Balaban J connectivity index is 2.93. The summed E-state index contributed by atoms with van der Waals surface area (Å²) < 4.78 is 3.14. The first-order valence-corrected chi connectivity index (χ1v) is 4.72. The Labute approximate surface area is 85.0 Å². The van der Waals surface area contributed by atoms with Gasteiger partial charge in [-0.05, 0) is 31.9 Å². The van der Waals surface area contributed by atoms with E-state index >= 15 is 0 Å². The number of nitrogen functional groups attached to an aromatic ring is 1. The fraction of sp³-hybridized carbons (Fsp3) is 0. The van der Waals surface area contributed by atoms with Crippen LogP contribution in [0.25, 0.3) is 5.65 Å². The van der Waals surface area contributed by atoms with Crippen LogP contribution in [0.1, 0.15) is 0 Å². The molecule has 2 rings (SSSR count). The van der Waals surface area contributed by atoms with Crippen LogP contribution in [-0.2, 0) is 0 Å². The van der Waals surface area contributed by atoms with Crippen molar-refractivity contribution >= 4 is 43.3 Å². The normalized spacial score (nSPS) is 10.8. The van der Waals surface area contributed by atoms with Crippen molar-refractivity contribution in [2.75, 3.05) is 5.73 Å². The standard InChI is InChI=1S/C6H4Br2N4/c7-3-1-10-6-4(8)2-11-12(6)5(3)9/h1-2H,9H2. The summed E-state index contributed by atoms with van der Waals surface area (Å²) in [6, 6.07) is 0. The van der Waals surface area contributed by atoms with E-state index in [1.165, 1.54) is 0 Å². The molecule has 0 spiro atoms. The van der Waals surface area contributed by atoms with Gasteiger partial charge in [0.15, 0.2) is 5.65 Å². The Kier molecular flexibility index (Phi) is 1.80. The van der Waals surface area contributed by atoms with Gasteiger partial charge in [-0.25, -0.2) is 4.98 Å². The van der Waals surface area contributed by atoms with E-state index in [9.17, 15) is 0 Å². The molecule has 0 amide bonds. The van der Waals surface area contributed by atoms with Gasteiger partial charge in [-0.3, -0.25) is 0 Å². The number of nitrogens with two attached hydrogens (primary N) is 1. The molecule has 0 saturated heterocycles. The SMILES string of the molecule is Nc1c(Br)cnc2c(Br)cnn12. The fourth-order valence-electron chi connectivity index (χ4n) is 0.900. The number of fused-ring (bicyclic) bond motifs is 1. The van der Waals surface area contributed by atoms with Crippen molar-refractivity contribution in [1.82, 2.24) is 14.6 Å². The first kappa shape index (κ1) is 8.00. The second-order valence-electron chi connectivity index (χ2n) is 2.22. The summed E-state index contributed by atoms with van der Waals surface area (Å²) in [7, 11) is 0. The molecule has 0 aliphatic heterocycles. The molecule has 0 aliphatic carbocycles. The Bertz CT molecular complexity index is 436. The highest BCUT2D eigenvalue weighted by atomic mass is 79.9. The lowest BCUT2D eigenvalue weighted by Crippen LogP contribution is -2.00. The summed E-state index contributed by atoms with van der Waals surface area (Å²) in [6.07, 6.45) is 3.31. The number of halogens is 2. The highest BCUT2D eigenvalue weighted by Gasteiger charge is 2.06. The van der Waals surface area contributed by atoms with E-state index in [2.05, 4.69) is 41.9 Å². The minimum atomic E-state index is 0.547. The van der Waals surface area contributed by atoms with Crippen molar-refractivity contribution in [3.63, 3.8) is 0 Å². The van der Waals surface area contributed by atoms with Gasteiger partial charge in [0.25, 0.3) is 0 Å². The van der Waals surface area contributed by atoms with Crippen molar-refractivity contribution in [1.29, 1.82) is 0 Å². The second kappa shape index (κ2) is 2.70. The van der Waals surface area contributed by atoms with Crippen LogP contribution in [0, 0.1) is 0 Å². The third kappa shape index (κ3) is 1.02. The largest absolute Gasteiger partial charge is 0.383 e. The Morgan fingerprint density at radius 1 is 1.25 bits per heavy atom. The topological polar surface area (TPSA) is 56.2 Å². The molecule has 12 heavy (non-hydrogen) atoms.